The molecular weight excluding hydrogens is 254 g/mol. The predicted molar refractivity (Wildman–Crippen MR) is 89.3 cm³/mol. The van der Waals surface area contributed by atoms with Gasteiger partial charge in [0.1, 0.15) is 0 Å². The van der Waals surface area contributed by atoms with Crippen molar-refractivity contribution in [3.63, 3.8) is 0 Å². The van der Waals surface area contributed by atoms with Gasteiger partial charge in [-0.15, -0.1) is 0 Å². The van der Waals surface area contributed by atoms with E-state index in [4.69, 9.17) is 0 Å². The van der Waals surface area contributed by atoms with E-state index in [1.807, 2.05) is 0 Å². The number of hydrogen-bond donors (Lipinski definition) is 0. The molecule has 0 aromatic carbocycles. The van der Waals surface area contributed by atoms with Crippen molar-refractivity contribution in [3.8, 4) is 0 Å². The number of nitrogens with zero attached hydrogens (tertiary/aromatic N) is 1. The summed E-state index contributed by atoms with van der Waals surface area (Å²) in [6.45, 7) is 0. The smallest absolute Gasteiger partial charge is 0.0896 e. The molecule has 4 fully saturated rings. The highest BCUT2D eigenvalue weighted by Gasteiger charge is 2.55. The zero-order valence-electron chi connectivity index (χ0n) is 14.1. The summed E-state index contributed by atoms with van der Waals surface area (Å²) < 4.78 is 1.67. The van der Waals surface area contributed by atoms with Crippen LogP contribution in [0.4, 0.5) is 0 Å². The van der Waals surface area contributed by atoms with Gasteiger partial charge in [-0.2, -0.15) is 0 Å². The molecule has 21 heavy (non-hydrogen) atoms. The van der Waals surface area contributed by atoms with Crippen LogP contribution in [0.3, 0.4) is 0 Å². The Morgan fingerprint density at radius 3 is 0.714 bits per heavy atom. The minimum atomic E-state index is 1.07. The molecule has 0 heterocycles. The zero-order valence-corrected chi connectivity index (χ0v) is 14.1. The molecule has 1 heteroatoms. The van der Waals surface area contributed by atoms with Crippen molar-refractivity contribution >= 4 is 0 Å². The first kappa shape index (κ1) is 14.5. The monoisotopic (exact) mass is 290 g/mol. The molecule has 1 nitrogen and oxygen atoms in total. The first-order chi connectivity index (χ1) is 10.4. The molecule has 0 aliphatic heterocycles. The average Bonchev–Trinajstić information content (AvgIpc) is 3.32. The summed E-state index contributed by atoms with van der Waals surface area (Å²) in [4.78, 5) is 0. The van der Waals surface area contributed by atoms with Gasteiger partial charge in [-0.25, -0.2) is 0 Å². The summed E-state index contributed by atoms with van der Waals surface area (Å²) in [6, 6.07) is 4.28. The Balaban J connectivity index is 1.71. The first-order valence-electron chi connectivity index (χ1n) is 10.3. The maximum Gasteiger partial charge on any atom is 0.0896 e. The van der Waals surface area contributed by atoms with Gasteiger partial charge in [0.15, 0.2) is 0 Å². The molecular formula is C20H36N+. The molecule has 0 aromatic heterocycles. The number of rotatable bonds is 4. The van der Waals surface area contributed by atoms with E-state index in [0.29, 0.717) is 0 Å². The van der Waals surface area contributed by atoms with Gasteiger partial charge >= 0.3 is 0 Å². The molecule has 0 amide bonds. The average molecular weight is 291 g/mol. The van der Waals surface area contributed by atoms with E-state index in [2.05, 4.69) is 0 Å². The van der Waals surface area contributed by atoms with Crippen LogP contribution in [0.5, 0.6) is 0 Å². The van der Waals surface area contributed by atoms with Gasteiger partial charge in [-0.05, 0) is 103 Å². The van der Waals surface area contributed by atoms with Crippen LogP contribution in [0.2, 0.25) is 0 Å². The maximum absolute atomic E-state index is 1.67. The van der Waals surface area contributed by atoms with Gasteiger partial charge in [0, 0.05) is 0 Å². The standard InChI is InChI=1S/C20H36N/c1-2-10-17(9-1)21(18-11-3-4-12-18,19-13-5-6-14-19)20-15-7-8-16-20/h17-20H,1-16H2/q+1. The van der Waals surface area contributed by atoms with Crippen molar-refractivity contribution in [2.75, 3.05) is 0 Å². The normalized spacial score (nSPS) is 30.9. The summed E-state index contributed by atoms with van der Waals surface area (Å²) >= 11 is 0. The van der Waals surface area contributed by atoms with E-state index < -0.39 is 0 Å². The molecule has 4 rings (SSSR count). The molecule has 4 aliphatic carbocycles. The Bertz CT molecular complexity index is 256. The Morgan fingerprint density at radius 2 is 0.524 bits per heavy atom. The van der Waals surface area contributed by atoms with Gasteiger partial charge in [-0.3, -0.25) is 0 Å². The summed E-state index contributed by atoms with van der Waals surface area (Å²) in [6.07, 6.45) is 24.9. The fourth-order valence-electron chi connectivity index (χ4n) is 7.19. The van der Waals surface area contributed by atoms with E-state index in [0.717, 1.165) is 24.2 Å². The van der Waals surface area contributed by atoms with Crippen molar-refractivity contribution in [1.82, 2.24) is 0 Å². The summed E-state index contributed by atoms with van der Waals surface area (Å²) in [5.41, 5.74) is 0. The third-order valence-electron chi connectivity index (χ3n) is 7.83. The molecule has 120 valence electrons. The maximum atomic E-state index is 1.67. The zero-order chi connectivity index (χ0) is 14.1. The molecule has 0 bridgehead atoms. The third kappa shape index (κ3) is 2.38. The van der Waals surface area contributed by atoms with E-state index in [-0.39, 0.29) is 0 Å². The second-order valence-corrected chi connectivity index (χ2v) is 8.65. The highest BCUT2D eigenvalue weighted by molar-refractivity contribution is 4.87. The molecule has 0 aromatic rings. The quantitative estimate of drug-likeness (QED) is 0.593. The Morgan fingerprint density at radius 1 is 0.333 bits per heavy atom. The van der Waals surface area contributed by atoms with Gasteiger partial charge in [-0.1, -0.05) is 0 Å². The molecule has 0 N–H and O–H groups in total. The summed E-state index contributed by atoms with van der Waals surface area (Å²) in [7, 11) is 0. The van der Waals surface area contributed by atoms with Crippen LogP contribution < -0.4 is 0 Å². The number of hydrogen-bond acceptors (Lipinski definition) is 0. The van der Waals surface area contributed by atoms with Gasteiger partial charge in [0.25, 0.3) is 0 Å². The van der Waals surface area contributed by atoms with Crippen molar-refractivity contribution in [2.24, 2.45) is 0 Å². The first-order valence-corrected chi connectivity index (χ1v) is 10.3. The minimum Gasteiger partial charge on any atom is -0.314 e. The van der Waals surface area contributed by atoms with Crippen molar-refractivity contribution in [1.29, 1.82) is 0 Å². The van der Waals surface area contributed by atoms with E-state index in [1.165, 1.54) is 51.4 Å². The fraction of sp³-hybridized carbons (Fsp3) is 1.00. The lowest BCUT2D eigenvalue weighted by molar-refractivity contribution is -1.01. The molecule has 0 spiro atoms. The Hall–Kier alpha value is -0.0400. The topological polar surface area (TPSA) is 0 Å². The summed E-state index contributed by atoms with van der Waals surface area (Å²) in [5, 5.41) is 0. The van der Waals surface area contributed by atoms with E-state index in [9.17, 15) is 0 Å². The number of quaternary nitrogens is 1. The minimum absolute atomic E-state index is 1.07. The molecule has 0 unspecified atom stereocenters. The van der Waals surface area contributed by atoms with Crippen molar-refractivity contribution in [3.05, 3.63) is 0 Å². The highest BCUT2D eigenvalue weighted by Crippen LogP contribution is 2.49. The molecule has 0 saturated heterocycles. The van der Waals surface area contributed by atoms with Crippen molar-refractivity contribution in [2.45, 2.75) is 127 Å². The second kappa shape index (κ2) is 6.22. The van der Waals surface area contributed by atoms with Crippen LogP contribution in [0.1, 0.15) is 103 Å². The van der Waals surface area contributed by atoms with Gasteiger partial charge in [0.2, 0.25) is 0 Å². The van der Waals surface area contributed by atoms with Gasteiger partial charge in [0.05, 0.1) is 24.2 Å². The lowest BCUT2D eigenvalue weighted by Gasteiger charge is -2.56. The van der Waals surface area contributed by atoms with Crippen LogP contribution in [-0.4, -0.2) is 28.7 Å². The third-order valence-corrected chi connectivity index (χ3v) is 7.83. The molecule has 4 saturated carbocycles. The van der Waals surface area contributed by atoms with Crippen LogP contribution in [0, 0.1) is 0 Å². The van der Waals surface area contributed by atoms with E-state index >= 15 is 0 Å². The van der Waals surface area contributed by atoms with E-state index in [1.54, 1.807) is 55.8 Å². The Kier molecular flexibility index (Phi) is 4.31. The van der Waals surface area contributed by atoms with Crippen LogP contribution >= 0.6 is 0 Å². The second-order valence-electron chi connectivity index (χ2n) is 8.65. The fourth-order valence-corrected chi connectivity index (χ4v) is 7.19. The van der Waals surface area contributed by atoms with Gasteiger partial charge < -0.3 is 4.48 Å². The molecule has 4 aliphatic rings. The molecule has 0 radical (unpaired) electrons. The lowest BCUT2D eigenvalue weighted by Crippen LogP contribution is -2.69. The Labute approximate surface area is 132 Å². The van der Waals surface area contributed by atoms with Crippen LogP contribution in [0.25, 0.3) is 0 Å². The van der Waals surface area contributed by atoms with Crippen LogP contribution in [0.15, 0.2) is 0 Å². The predicted octanol–water partition coefficient (Wildman–Crippen LogP) is 5.57. The highest BCUT2D eigenvalue weighted by atomic mass is 15.5. The molecule has 0 atom stereocenters. The van der Waals surface area contributed by atoms with Crippen molar-refractivity contribution < 1.29 is 4.48 Å². The summed E-state index contributed by atoms with van der Waals surface area (Å²) in [5.74, 6) is 0. The largest absolute Gasteiger partial charge is 0.314 e. The van der Waals surface area contributed by atoms with Crippen LogP contribution in [-0.2, 0) is 0 Å². The lowest BCUT2D eigenvalue weighted by atomic mass is 9.91. The SMILES string of the molecule is C1CCC([N+](C2CCCC2)(C2CCCC2)C2CCCC2)C1.